The Morgan fingerprint density at radius 3 is 3.07 bits per heavy atom. The number of nitrogens with zero attached hydrogens (tertiary/aromatic N) is 1. The van der Waals surface area contributed by atoms with Crippen LogP contribution in [0.3, 0.4) is 0 Å². The Bertz CT molecular complexity index is 507. The van der Waals surface area contributed by atoms with Crippen molar-refractivity contribution in [1.82, 2.24) is 0 Å². The maximum atomic E-state index is 10.6. The predicted octanol–water partition coefficient (Wildman–Crippen LogP) is 0.599. The van der Waals surface area contributed by atoms with E-state index in [0.717, 1.165) is 16.1 Å². The van der Waals surface area contributed by atoms with Gasteiger partial charge >= 0.3 is 5.97 Å². The summed E-state index contributed by atoms with van der Waals surface area (Å²) in [5.41, 5.74) is 0.790. The fourth-order valence-corrected chi connectivity index (χ4v) is 1.88. The van der Waals surface area contributed by atoms with E-state index in [-0.39, 0.29) is 6.42 Å². The number of benzene rings is 1. The van der Waals surface area contributed by atoms with Crippen molar-refractivity contribution in [2.45, 2.75) is 6.42 Å². The summed E-state index contributed by atoms with van der Waals surface area (Å²) in [5, 5.41) is 10.9. The molecular formula is C10H8ClNO2. The van der Waals surface area contributed by atoms with Crippen LogP contribution in [-0.4, -0.2) is 17.6 Å². The second-order valence-electron chi connectivity index (χ2n) is 3.12. The predicted molar refractivity (Wildman–Crippen MR) is 52.8 cm³/mol. The first-order valence-corrected chi connectivity index (χ1v) is 4.59. The first-order valence-electron chi connectivity index (χ1n) is 4.21. The summed E-state index contributed by atoms with van der Waals surface area (Å²) in [6, 6.07) is 5.41. The monoisotopic (exact) mass is 209 g/mol. The Balaban J connectivity index is 2.64. The van der Waals surface area contributed by atoms with Crippen molar-refractivity contribution in [2.24, 2.45) is 4.99 Å². The first-order chi connectivity index (χ1) is 6.68. The quantitative estimate of drug-likeness (QED) is 0.776. The van der Waals surface area contributed by atoms with Gasteiger partial charge in [-0.25, -0.2) is 0 Å². The zero-order valence-corrected chi connectivity index (χ0v) is 8.08. The molecule has 1 heterocycles. The lowest BCUT2D eigenvalue weighted by Gasteiger charge is -1.96. The number of fused-ring (bicyclic) bond motifs is 1. The van der Waals surface area contributed by atoms with Crippen LogP contribution in [0.5, 0.6) is 0 Å². The summed E-state index contributed by atoms with van der Waals surface area (Å²) >= 11 is 5.97. The number of carboxylic acid groups (broad SMARTS) is 1. The fourth-order valence-electron chi connectivity index (χ4n) is 1.58. The van der Waals surface area contributed by atoms with E-state index in [1.807, 2.05) is 12.1 Å². The van der Waals surface area contributed by atoms with Crippen LogP contribution in [0.4, 0.5) is 0 Å². The number of rotatable bonds is 2. The molecule has 1 aliphatic rings. The Morgan fingerprint density at radius 2 is 2.36 bits per heavy atom. The van der Waals surface area contributed by atoms with Gasteiger partial charge in [0.15, 0.2) is 0 Å². The lowest BCUT2D eigenvalue weighted by Crippen LogP contribution is -2.24. The van der Waals surface area contributed by atoms with Gasteiger partial charge in [-0.15, -0.1) is 0 Å². The van der Waals surface area contributed by atoms with Gasteiger partial charge < -0.3 is 5.11 Å². The molecule has 0 bridgehead atoms. The minimum Gasteiger partial charge on any atom is -0.481 e. The van der Waals surface area contributed by atoms with Crippen molar-refractivity contribution in [3.8, 4) is 0 Å². The van der Waals surface area contributed by atoms with Crippen LogP contribution < -0.4 is 10.6 Å². The van der Waals surface area contributed by atoms with Gasteiger partial charge in [-0.3, -0.25) is 9.79 Å². The zero-order chi connectivity index (χ0) is 10.1. The van der Waals surface area contributed by atoms with Gasteiger partial charge in [-0.2, -0.15) is 0 Å². The minimum absolute atomic E-state index is 0.0141. The molecule has 0 atom stereocenters. The molecule has 2 rings (SSSR count). The zero-order valence-electron chi connectivity index (χ0n) is 7.33. The molecule has 1 N–H and O–H groups in total. The van der Waals surface area contributed by atoms with Crippen molar-refractivity contribution in [3.05, 3.63) is 33.8 Å². The lowest BCUT2D eigenvalue weighted by atomic mass is 10.1. The molecule has 0 unspecified atom stereocenters. The fraction of sp³-hybridized carbons (Fsp3) is 0.200. The van der Waals surface area contributed by atoms with E-state index in [1.54, 1.807) is 6.07 Å². The molecule has 1 aromatic carbocycles. The van der Waals surface area contributed by atoms with E-state index < -0.39 is 5.97 Å². The van der Waals surface area contributed by atoms with E-state index in [4.69, 9.17) is 16.7 Å². The van der Waals surface area contributed by atoms with Crippen molar-refractivity contribution >= 4 is 23.1 Å². The highest BCUT2D eigenvalue weighted by Gasteiger charge is 2.11. The van der Waals surface area contributed by atoms with E-state index in [9.17, 15) is 4.79 Å². The number of hydrogen-bond donors (Lipinski definition) is 1. The normalized spacial score (nSPS) is 13.6. The molecule has 0 aliphatic carbocycles. The van der Waals surface area contributed by atoms with Gasteiger partial charge in [0.2, 0.25) is 0 Å². The highest BCUT2D eigenvalue weighted by atomic mass is 35.5. The van der Waals surface area contributed by atoms with E-state index >= 15 is 0 Å². The molecule has 0 saturated carbocycles. The lowest BCUT2D eigenvalue weighted by molar-refractivity contribution is -0.135. The molecule has 0 spiro atoms. The van der Waals surface area contributed by atoms with Crippen LogP contribution >= 0.6 is 11.6 Å². The van der Waals surface area contributed by atoms with Crippen LogP contribution in [0.15, 0.2) is 23.2 Å². The summed E-state index contributed by atoms with van der Waals surface area (Å²) in [6.07, 6.45) is 0.0141. The molecule has 0 saturated heterocycles. The second kappa shape index (κ2) is 3.42. The van der Waals surface area contributed by atoms with E-state index in [1.165, 1.54) is 0 Å². The number of aliphatic carboxylic acids is 1. The SMILES string of the molecule is O=C(O)CC1=c2c(Cl)cccc2=NC1. The average Bonchev–Trinajstić information content (AvgIpc) is 2.49. The van der Waals surface area contributed by atoms with Crippen molar-refractivity contribution < 1.29 is 9.90 Å². The van der Waals surface area contributed by atoms with Crippen LogP contribution in [0.25, 0.3) is 5.57 Å². The van der Waals surface area contributed by atoms with Gasteiger partial charge in [0.25, 0.3) is 0 Å². The maximum Gasteiger partial charge on any atom is 0.307 e. The third kappa shape index (κ3) is 1.51. The molecule has 0 amide bonds. The molecule has 0 fully saturated rings. The van der Waals surface area contributed by atoms with Crippen molar-refractivity contribution in [2.75, 3.05) is 6.54 Å². The number of carbonyl (C=O) groups is 1. The number of carboxylic acids is 1. The molecule has 14 heavy (non-hydrogen) atoms. The van der Waals surface area contributed by atoms with Gasteiger partial charge in [-0.1, -0.05) is 17.7 Å². The number of halogens is 1. The summed E-state index contributed by atoms with van der Waals surface area (Å²) in [6.45, 7) is 0.450. The molecule has 0 aromatic heterocycles. The topological polar surface area (TPSA) is 49.7 Å². The third-order valence-electron chi connectivity index (χ3n) is 2.15. The molecule has 3 nitrogen and oxygen atoms in total. The van der Waals surface area contributed by atoms with Gasteiger partial charge in [0, 0.05) is 10.2 Å². The molecule has 1 aromatic rings. The first kappa shape index (κ1) is 9.21. The molecule has 0 radical (unpaired) electrons. The molecular weight excluding hydrogens is 202 g/mol. The number of hydrogen-bond acceptors (Lipinski definition) is 2. The van der Waals surface area contributed by atoms with Crippen molar-refractivity contribution in [1.29, 1.82) is 0 Å². The van der Waals surface area contributed by atoms with Crippen LogP contribution in [0.1, 0.15) is 6.42 Å². The van der Waals surface area contributed by atoms with Gasteiger partial charge in [0.05, 0.1) is 18.3 Å². The highest BCUT2D eigenvalue weighted by Crippen LogP contribution is 2.08. The Morgan fingerprint density at radius 1 is 1.57 bits per heavy atom. The Kier molecular flexibility index (Phi) is 2.25. The Labute approximate surface area is 85.4 Å². The molecule has 72 valence electrons. The second-order valence-corrected chi connectivity index (χ2v) is 3.53. The van der Waals surface area contributed by atoms with Crippen LogP contribution in [0, 0.1) is 0 Å². The third-order valence-corrected chi connectivity index (χ3v) is 2.47. The summed E-state index contributed by atoms with van der Waals surface area (Å²) in [5.74, 6) is -0.844. The molecule has 1 aliphatic heterocycles. The van der Waals surface area contributed by atoms with E-state index in [2.05, 4.69) is 4.99 Å². The highest BCUT2D eigenvalue weighted by molar-refractivity contribution is 6.30. The summed E-state index contributed by atoms with van der Waals surface area (Å²) in [4.78, 5) is 14.8. The van der Waals surface area contributed by atoms with E-state index in [0.29, 0.717) is 11.6 Å². The van der Waals surface area contributed by atoms with Crippen molar-refractivity contribution in [3.63, 3.8) is 0 Å². The summed E-state index contributed by atoms with van der Waals surface area (Å²) < 4.78 is 0. The van der Waals surface area contributed by atoms with Crippen LogP contribution in [-0.2, 0) is 4.79 Å². The largest absolute Gasteiger partial charge is 0.481 e. The minimum atomic E-state index is -0.844. The molecule has 4 heteroatoms. The van der Waals surface area contributed by atoms with Crippen LogP contribution in [0.2, 0.25) is 5.02 Å². The van der Waals surface area contributed by atoms with Gasteiger partial charge in [0.1, 0.15) is 0 Å². The maximum absolute atomic E-state index is 10.6. The summed E-state index contributed by atoms with van der Waals surface area (Å²) in [7, 11) is 0. The smallest absolute Gasteiger partial charge is 0.307 e. The Hall–Kier alpha value is -1.35. The average molecular weight is 210 g/mol. The van der Waals surface area contributed by atoms with Gasteiger partial charge in [-0.05, 0) is 17.7 Å². The standard InChI is InChI=1S/C10H8ClNO2/c11-7-2-1-3-8-10(7)6(5-12-8)4-9(13)14/h1-3H,4-5H2,(H,13,14).